The van der Waals surface area contributed by atoms with Crippen molar-refractivity contribution in [2.45, 2.75) is 6.61 Å². The van der Waals surface area contributed by atoms with Gasteiger partial charge in [0, 0.05) is 50.3 Å². The van der Waals surface area contributed by atoms with Gasteiger partial charge >= 0.3 is 0 Å². The van der Waals surface area contributed by atoms with Crippen LogP contribution < -0.4 is 0 Å². The van der Waals surface area contributed by atoms with Crippen LogP contribution in [-0.2, 0) is 6.61 Å². The molecule has 0 atom stereocenters. The zero-order valence-electron chi connectivity index (χ0n) is 4.99. The second-order valence-electron chi connectivity index (χ2n) is 1.48. The molecule has 1 aromatic heterocycles. The molecule has 0 aliphatic rings. The number of nitrogens with zero attached hydrogens (tertiary/aromatic N) is 1. The van der Waals surface area contributed by atoms with Gasteiger partial charge in [0.1, 0.15) is 0 Å². The quantitative estimate of drug-likeness (QED) is 0.814. The third-order valence-electron chi connectivity index (χ3n) is 0.888. The predicted molar refractivity (Wildman–Crippen MR) is 30.2 cm³/mol. The van der Waals surface area contributed by atoms with E-state index in [4.69, 9.17) is 5.11 Å². The minimum atomic E-state index is 0. The fourth-order valence-corrected chi connectivity index (χ4v) is 0.492. The Balaban J connectivity index is 0.000000640. The predicted octanol–water partition coefficient (Wildman–Crippen LogP) is 0.574. The molecule has 0 aliphatic heterocycles. The number of pyridine rings is 1. The Bertz CT molecular complexity index is 154. The van der Waals surface area contributed by atoms with Gasteiger partial charge in [-0.25, -0.2) is 0 Å². The van der Waals surface area contributed by atoms with E-state index < -0.39 is 0 Å². The number of aliphatic hydroxyl groups is 1. The van der Waals surface area contributed by atoms with Crippen LogP contribution in [0, 0.1) is 44.1 Å². The summed E-state index contributed by atoms with van der Waals surface area (Å²) in [6.07, 6.45) is 1.66. The number of rotatable bonds is 1. The Morgan fingerprint density at radius 3 is 2.56 bits per heavy atom. The van der Waals surface area contributed by atoms with Crippen LogP contribution in [-0.4, -0.2) is 10.1 Å². The largest absolute Gasteiger partial charge is 0.390 e. The van der Waals surface area contributed by atoms with Gasteiger partial charge in [-0.05, 0) is 12.1 Å². The third kappa shape index (κ3) is 3.30. The molecule has 0 fully saturated rings. The molecule has 1 heterocycles. The average molecular weight is 336 g/mol. The maximum atomic E-state index is 8.48. The third-order valence-corrected chi connectivity index (χ3v) is 0.888. The Labute approximate surface area is 89.9 Å². The fourth-order valence-electron chi connectivity index (χ4n) is 0.492. The van der Waals surface area contributed by atoms with E-state index in [0.717, 1.165) is 0 Å². The molecule has 1 rings (SSSR count). The molecule has 0 unspecified atom stereocenters. The van der Waals surface area contributed by atoms with Gasteiger partial charge in [0.15, 0.2) is 0 Å². The van der Waals surface area contributed by atoms with Gasteiger partial charge in [-0.3, -0.25) is 4.98 Å². The van der Waals surface area contributed by atoms with E-state index in [9.17, 15) is 0 Å². The second kappa shape index (κ2) is 5.35. The van der Waals surface area contributed by atoms with Crippen LogP contribution in [0.1, 0.15) is 5.69 Å². The number of hydrogen-bond donors (Lipinski definition) is 1. The van der Waals surface area contributed by atoms with Crippen LogP contribution in [0.5, 0.6) is 0 Å². The van der Waals surface area contributed by atoms with Gasteiger partial charge in [0.25, 0.3) is 0 Å². The van der Waals surface area contributed by atoms with Crippen LogP contribution in [0.3, 0.4) is 0 Å². The van der Waals surface area contributed by atoms with Crippen molar-refractivity contribution < 1.29 is 49.2 Å². The van der Waals surface area contributed by atoms with Crippen LogP contribution in [0.2, 0.25) is 0 Å². The van der Waals surface area contributed by atoms with E-state index in [1.165, 1.54) is 0 Å². The van der Waals surface area contributed by atoms with Crippen LogP contribution in [0.25, 0.3) is 0 Å². The van der Waals surface area contributed by atoms with E-state index in [1.807, 2.05) is 12.1 Å². The molecule has 0 saturated carbocycles. The molecular formula is C6H7AcNO. The fraction of sp³-hybridized carbons (Fsp3) is 0.167. The normalized spacial score (nSPS) is 8.11. The zero-order valence-corrected chi connectivity index (χ0v) is 9.73. The summed E-state index contributed by atoms with van der Waals surface area (Å²) in [6, 6.07) is 5.44. The molecule has 2 nitrogen and oxygen atoms in total. The van der Waals surface area contributed by atoms with E-state index in [0.29, 0.717) is 5.69 Å². The molecule has 1 aromatic rings. The van der Waals surface area contributed by atoms with Crippen molar-refractivity contribution in [1.82, 2.24) is 4.98 Å². The molecule has 0 amide bonds. The second-order valence-corrected chi connectivity index (χ2v) is 1.48. The molecule has 9 heavy (non-hydrogen) atoms. The molecule has 0 saturated heterocycles. The average Bonchev–Trinajstić information content (AvgIpc) is 1.90. The van der Waals surface area contributed by atoms with Gasteiger partial charge in [-0.1, -0.05) is 6.07 Å². The SMILES string of the molecule is OCc1ccccn1.[Ac]. The minimum absolute atomic E-state index is 0. The summed E-state index contributed by atoms with van der Waals surface area (Å²) in [5.74, 6) is 0. The first-order chi connectivity index (χ1) is 3.93. The summed E-state index contributed by atoms with van der Waals surface area (Å²) < 4.78 is 0. The molecular weight excluding hydrogens is 329 g/mol. The molecule has 0 aliphatic carbocycles. The first-order valence-electron chi connectivity index (χ1n) is 2.44. The Hall–Kier alpha value is 0.552. The summed E-state index contributed by atoms with van der Waals surface area (Å²) in [4.78, 5) is 3.85. The van der Waals surface area contributed by atoms with Crippen molar-refractivity contribution in [2.24, 2.45) is 0 Å². The first kappa shape index (κ1) is 9.55. The van der Waals surface area contributed by atoms with E-state index >= 15 is 0 Å². The molecule has 1 N–H and O–H groups in total. The minimum Gasteiger partial charge on any atom is -0.390 e. The van der Waals surface area contributed by atoms with Gasteiger partial charge in [-0.2, -0.15) is 0 Å². The van der Waals surface area contributed by atoms with Crippen molar-refractivity contribution in [3.63, 3.8) is 0 Å². The van der Waals surface area contributed by atoms with E-state index in [1.54, 1.807) is 12.3 Å². The van der Waals surface area contributed by atoms with Gasteiger partial charge in [-0.15, -0.1) is 0 Å². The molecule has 0 bridgehead atoms. The monoisotopic (exact) mass is 336 g/mol. The molecule has 0 spiro atoms. The van der Waals surface area contributed by atoms with E-state index in [2.05, 4.69) is 4.98 Å². The standard InChI is InChI=1S/C6H7NO.Ac/c8-5-6-3-1-2-4-7-6;/h1-4,8H,5H2;. The van der Waals surface area contributed by atoms with Crippen LogP contribution >= 0.6 is 0 Å². The van der Waals surface area contributed by atoms with Crippen molar-refractivity contribution >= 4 is 0 Å². The van der Waals surface area contributed by atoms with E-state index in [-0.39, 0.29) is 50.7 Å². The first-order valence-corrected chi connectivity index (χ1v) is 2.44. The number of aliphatic hydroxyl groups excluding tert-OH is 1. The Morgan fingerprint density at radius 1 is 1.44 bits per heavy atom. The van der Waals surface area contributed by atoms with Crippen LogP contribution in [0.15, 0.2) is 24.4 Å². The smallest absolute Gasteiger partial charge is 0.0852 e. The topological polar surface area (TPSA) is 33.1 Å². The molecule has 0 aromatic carbocycles. The summed E-state index contributed by atoms with van der Waals surface area (Å²) >= 11 is 0. The van der Waals surface area contributed by atoms with Gasteiger partial charge in [0.05, 0.1) is 12.3 Å². The summed E-state index contributed by atoms with van der Waals surface area (Å²) in [6.45, 7) is 0.0286. The molecule has 1 radical (unpaired) electrons. The summed E-state index contributed by atoms with van der Waals surface area (Å²) in [5, 5.41) is 8.48. The molecule has 45 valence electrons. The van der Waals surface area contributed by atoms with Crippen LogP contribution in [0.4, 0.5) is 0 Å². The maximum absolute atomic E-state index is 8.48. The Morgan fingerprint density at radius 2 is 2.22 bits per heavy atom. The van der Waals surface area contributed by atoms with Crippen molar-refractivity contribution in [2.75, 3.05) is 0 Å². The molecule has 3 heteroatoms. The summed E-state index contributed by atoms with van der Waals surface area (Å²) in [7, 11) is 0. The van der Waals surface area contributed by atoms with Crippen molar-refractivity contribution in [3.8, 4) is 0 Å². The maximum Gasteiger partial charge on any atom is 0.0852 e. The van der Waals surface area contributed by atoms with Crippen molar-refractivity contribution in [1.29, 1.82) is 0 Å². The summed E-state index contributed by atoms with van der Waals surface area (Å²) in [5.41, 5.74) is 0.715. The van der Waals surface area contributed by atoms with Gasteiger partial charge < -0.3 is 5.11 Å². The van der Waals surface area contributed by atoms with Gasteiger partial charge in [0.2, 0.25) is 0 Å². The Kier molecular flexibility index (Phi) is 5.67. The van der Waals surface area contributed by atoms with Crippen molar-refractivity contribution in [3.05, 3.63) is 30.1 Å². The zero-order chi connectivity index (χ0) is 5.82. The number of aromatic nitrogens is 1. The number of hydrogen-bond acceptors (Lipinski definition) is 2.